The van der Waals surface area contributed by atoms with E-state index in [2.05, 4.69) is 0 Å². The first-order chi connectivity index (χ1) is 5.38. The maximum Gasteiger partial charge on any atom is 1.00 e. The molecule has 0 atom stereocenters. The maximum absolute atomic E-state index is 11.2. The van der Waals surface area contributed by atoms with Crippen LogP contribution in [0.15, 0.2) is 47.6 Å². The quantitative estimate of drug-likeness (QED) is 0.444. The van der Waals surface area contributed by atoms with Gasteiger partial charge in [-0.25, -0.2) is 0 Å². The topological polar surface area (TPSA) is 17.1 Å². The van der Waals surface area contributed by atoms with E-state index < -0.39 is 0 Å². The Morgan fingerprint density at radius 2 is 2.08 bits per heavy atom. The Hall–Kier alpha value is 0.266. The van der Waals surface area contributed by atoms with E-state index in [9.17, 15) is 4.79 Å². The number of carbonyl (C=O) groups is 1. The summed E-state index contributed by atoms with van der Waals surface area (Å²) in [6, 6.07) is 0. The average Bonchev–Trinajstić information content (AvgIpc) is 2.25. The summed E-state index contributed by atoms with van der Waals surface area (Å²) in [5.41, 5.74) is 1.93. The van der Waals surface area contributed by atoms with Gasteiger partial charge in [0.1, 0.15) is 0 Å². The summed E-state index contributed by atoms with van der Waals surface area (Å²) in [5.74, 6) is 0.233. The predicted molar refractivity (Wildman–Crippen MR) is 45.2 cm³/mol. The predicted octanol–water partition coefficient (Wildman–Crippen LogP) is -0.946. The molecule has 2 rings (SSSR count). The van der Waals surface area contributed by atoms with Crippen LogP contribution in [0.4, 0.5) is 0 Å². The van der Waals surface area contributed by atoms with Crippen LogP contribution < -0.4 is 51.4 Å². The van der Waals surface area contributed by atoms with Gasteiger partial charge in [-0.3, -0.25) is 4.79 Å². The Kier molecular flexibility index (Phi) is 3.87. The zero-order valence-corrected chi connectivity index (χ0v) is 10.2. The summed E-state index contributed by atoms with van der Waals surface area (Å²) < 4.78 is 0. The van der Waals surface area contributed by atoms with Gasteiger partial charge in [0.05, 0.1) is 0 Å². The number of ketones is 1. The molecule has 0 aromatic rings. The summed E-state index contributed by atoms with van der Waals surface area (Å²) >= 11 is 0. The fourth-order valence-corrected chi connectivity index (χ4v) is 1.31. The molecular weight excluding hydrogens is 175 g/mol. The second-order valence-electron chi connectivity index (χ2n) is 2.61. The molecule has 0 aromatic heterocycles. The molecule has 0 saturated heterocycles. The van der Waals surface area contributed by atoms with Crippen molar-refractivity contribution in [2.45, 2.75) is 6.42 Å². The molecule has 0 saturated carbocycles. The Bertz CT molecular complexity index is 324. The zero-order valence-electron chi connectivity index (χ0n) is 8.08. The third kappa shape index (κ3) is 1.95. The van der Waals surface area contributed by atoms with Gasteiger partial charge in [-0.15, -0.1) is 0 Å². The third-order valence-corrected chi connectivity index (χ3v) is 1.88. The second kappa shape index (κ2) is 4.49. The molecule has 0 aliphatic heterocycles. The maximum atomic E-state index is 11.2. The number of fused-ring (bicyclic) bond motifs is 1. The summed E-state index contributed by atoms with van der Waals surface area (Å²) in [4.78, 5) is 11.2. The van der Waals surface area contributed by atoms with Crippen molar-refractivity contribution in [1.82, 2.24) is 0 Å². The monoisotopic (exact) mass is 184 g/mol. The van der Waals surface area contributed by atoms with Crippen LogP contribution in [0.5, 0.6) is 0 Å². The van der Waals surface area contributed by atoms with E-state index in [1.807, 2.05) is 36.5 Å². The van der Waals surface area contributed by atoms with E-state index in [0.717, 1.165) is 11.1 Å². The first kappa shape index (κ1) is 10.3. The first-order valence-corrected chi connectivity index (χ1v) is 3.67. The molecule has 0 spiro atoms. The largest absolute Gasteiger partial charge is 1.00 e. The van der Waals surface area contributed by atoms with Gasteiger partial charge in [0.2, 0.25) is 0 Å². The Morgan fingerprint density at radius 3 is 2.92 bits per heavy atom. The summed E-state index contributed by atoms with van der Waals surface area (Å²) in [5, 5.41) is 0. The summed E-state index contributed by atoms with van der Waals surface area (Å²) in [6.07, 6.45) is 12.2. The first-order valence-electron chi connectivity index (χ1n) is 3.67. The fourth-order valence-electron chi connectivity index (χ4n) is 1.31. The molecule has 2 aliphatic carbocycles. The van der Waals surface area contributed by atoms with Crippen molar-refractivity contribution < 1.29 is 57.6 Å². The second-order valence-corrected chi connectivity index (χ2v) is 2.61. The average molecular weight is 184 g/mol. The molecule has 0 unspecified atom stereocenters. The molecule has 1 nitrogen and oxygen atoms in total. The van der Waals surface area contributed by atoms with E-state index in [-0.39, 0.29) is 58.6 Å². The Balaban J connectivity index is 0.000000720. The Morgan fingerprint density at radius 1 is 1.25 bits per heavy atom. The van der Waals surface area contributed by atoms with Gasteiger partial charge in [0.15, 0.2) is 5.78 Å². The molecule has 2 aliphatic rings. The van der Waals surface area contributed by atoms with Crippen molar-refractivity contribution in [2.75, 3.05) is 0 Å². The van der Waals surface area contributed by atoms with E-state index in [0.29, 0.717) is 6.42 Å². The van der Waals surface area contributed by atoms with Crippen LogP contribution in [0, 0.1) is 0 Å². The van der Waals surface area contributed by atoms with E-state index in [1.165, 1.54) is 0 Å². The number of hydrogen-bond donors (Lipinski definition) is 0. The van der Waals surface area contributed by atoms with E-state index in [1.54, 1.807) is 0 Å². The van der Waals surface area contributed by atoms with Crippen LogP contribution in [0.1, 0.15) is 7.85 Å². The van der Waals surface area contributed by atoms with Gasteiger partial charge in [-0.1, -0.05) is 36.5 Å². The smallest absolute Gasteiger partial charge is 1.00 e. The van der Waals surface area contributed by atoms with Gasteiger partial charge in [0.25, 0.3) is 0 Å². The number of hydrogen-bond acceptors (Lipinski definition) is 1. The standard InChI is InChI=1S/C10H8O.K.H/c11-10-7-6-8-4-2-1-3-5-9(8)10;;/h1-6H,7H2;;/q;+1;-1. The summed E-state index contributed by atoms with van der Waals surface area (Å²) in [7, 11) is 0. The minimum Gasteiger partial charge on any atom is -1.00 e. The van der Waals surface area contributed by atoms with Crippen LogP contribution in [0.2, 0.25) is 0 Å². The van der Waals surface area contributed by atoms with Gasteiger partial charge in [0, 0.05) is 12.0 Å². The molecule has 56 valence electrons. The van der Waals surface area contributed by atoms with Gasteiger partial charge in [-0.05, 0) is 5.57 Å². The van der Waals surface area contributed by atoms with Crippen molar-refractivity contribution in [2.24, 2.45) is 0 Å². The molecule has 0 radical (unpaired) electrons. The van der Waals surface area contributed by atoms with Crippen molar-refractivity contribution in [1.29, 1.82) is 0 Å². The van der Waals surface area contributed by atoms with Crippen molar-refractivity contribution in [3.8, 4) is 0 Å². The molecule has 0 bridgehead atoms. The summed E-state index contributed by atoms with van der Waals surface area (Å²) in [6.45, 7) is 0. The molecule has 12 heavy (non-hydrogen) atoms. The van der Waals surface area contributed by atoms with Crippen LogP contribution in [0.25, 0.3) is 0 Å². The molecule has 0 fully saturated rings. The Labute approximate surface area is 116 Å². The number of allylic oxidation sites excluding steroid dienone is 8. The van der Waals surface area contributed by atoms with Crippen molar-refractivity contribution in [3.63, 3.8) is 0 Å². The van der Waals surface area contributed by atoms with Gasteiger partial charge >= 0.3 is 51.4 Å². The van der Waals surface area contributed by atoms with E-state index >= 15 is 0 Å². The van der Waals surface area contributed by atoms with Crippen molar-refractivity contribution >= 4 is 5.78 Å². The number of Topliss-reactive ketones (excluding diaryl/α,β-unsaturated/α-hetero) is 1. The third-order valence-electron chi connectivity index (χ3n) is 1.88. The zero-order chi connectivity index (χ0) is 7.68. The van der Waals surface area contributed by atoms with Crippen LogP contribution in [-0.2, 0) is 4.79 Å². The van der Waals surface area contributed by atoms with Crippen LogP contribution >= 0.6 is 0 Å². The molecule has 0 amide bonds. The minimum absolute atomic E-state index is 0. The molecule has 0 N–H and O–H groups in total. The van der Waals surface area contributed by atoms with Gasteiger partial charge < -0.3 is 1.43 Å². The van der Waals surface area contributed by atoms with Gasteiger partial charge in [-0.2, -0.15) is 0 Å². The normalized spacial score (nSPS) is 19.2. The van der Waals surface area contributed by atoms with Crippen molar-refractivity contribution in [3.05, 3.63) is 47.6 Å². The fraction of sp³-hybridized carbons (Fsp3) is 0.100. The molecule has 0 heterocycles. The molecule has 0 aromatic carbocycles. The molecular formula is C10H9KO. The number of carbonyl (C=O) groups excluding carboxylic acids is 1. The number of rotatable bonds is 0. The molecule has 2 heteroatoms. The minimum atomic E-state index is 0. The van der Waals surface area contributed by atoms with E-state index in [4.69, 9.17) is 0 Å². The SMILES string of the molecule is O=C1CC=C2C=CC=CC=C12.[H-].[K+]. The van der Waals surface area contributed by atoms with Crippen LogP contribution in [0.3, 0.4) is 0 Å². The van der Waals surface area contributed by atoms with Crippen LogP contribution in [-0.4, -0.2) is 5.78 Å².